The zero-order valence-electron chi connectivity index (χ0n) is 22.8. The molecule has 2 heterocycles. The molecule has 218 valence electrons. The second kappa shape index (κ2) is 12.7. The first-order valence-corrected chi connectivity index (χ1v) is 17.5. The normalized spacial score (nSPS) is 18.3. The average molecular weight is 629 g/mol. The maximum atomic E-state index is 11.6. The molecule has 0 amide bonds. The van der Waals surface area contributed by atoms with Gasteiger partial charge in [0.25, 0.3) is 20.2 Å². The van der Waals surface area contributed by atoms with Crippen molar-refractivity contribution in [3.8, 4) is 11.5 Å². The molecule has 0 saturated heterocycles. The highest BCUT2D eigenvalue weighted by atomic mass is 32.2. The van der Waals surface area contributed by atoms with E-state index in [-0.39, 0.29) is 18.6 Å². The maximum Gasteiger partial charge on any atom is 0.264 e. The van der Waals surface area contributed by atoms with Gasteiger partial charge in [-0.05, 0) is 48.9 Å². The molecule has 0 N–H and O–H groups in total. The molecule has 0 radical (unpaired) electrons. The van der Waals surface area contributed by atoms with Gasteiger partial charge in [-0.15, -0.1) is 0 Å². The number of allylic oxidation sites excluding steroid dienone is 2. The second-order valence-corrected chi connectivity index (χ2v) is 14.6. The first-order chi connectivity index (χ1) is 18.9. The number of hydrogen-bond acceptors (Lipinski definition) is 12. The maximum absolute atomic E-state index is 11.6. The van der Waals surface area contributed by atoms with Gasteiger partial charge in [-0.25, -0.2) is 0 Å². The summed E-state index contributed by atoms with van der Waals surface area (Å²) in [6.45, 7) is 2.66. The molecule has 0 aliphatic carbocycles. The molecule has 10 nitrogen and oxygen atoms in total. The van der Waals surface area contributed by atoms with Gasteiger partial charge in [0.2, 0.25) is 0 Å². The van der Waals surface area contributed by atoms with E-state index < -0.39 is 20.2 Å². The van der Waals surface area contributed by atoms with Crippen molar-refractivity contribution in [3.63, 3.8) is 0 Å². The molecule has 1 unspecified atom stereocenters. The van der Waals surface area contributed by atoms with Crippen LogP contribution in [-0.4, -0.2) is 75.2 Å². The molecule has 2 aromatic rings. The van der Waals surface area contributed by atoms with Crippen LogP contribution in [0.15, 0.2) is 68.9 Å². The monoisotopic (exact) mass is 628 g/mol. The van der Waals surface area contributed by atoms with E-state index in [1.165, 1.54) is 0 Å². The third-order valence-electron chi connectivity index (χ3n) is 5.96. The molecule has 1 atom stereocenters. The van der Waals surface area contributed by atoms with E-state index in [4.69, 9.17) is 17.8 Å². The number of thioether (sulfide) groups is 2. The third-order valence-corrected chi connectivity index (χ3v) is 9.48. The van der Waals surface area contributed by atoms with Gasteiger partial charge < -0.3 is 19.3 Å². The van der Waals surface area contributed by atoms with Gasteiger partial charge in [0, 0.05) is 28.9 Å². The zero-order chi connectivity index (χ0) is 29.1. The Morgan fingerprint density at radius 1 is 0.950 bits per heavy atom. The average Bonchev–Trinajstić information content (AvgIpc) is 3.39. The van der Waals surface area contributed by atoms with Crippen LogP contribution in [0.4, 0.5) is 11.4 Å². The number of methoxy groups -OCH3 is 2. The van der Waals surface area contributed by atoms with Crippen LogP contribution in [0, 0.1) is 0 Å². The number of rotatable bonds is 12. The molecule has 2 aliphatic rings. The number of benzene rings is 2. The highest BCUT2D eigenvalue weighted by Gasteiger charge is 2.32. The second-order valence-electron chi connectivity index (χ2n) is 9.04. The summed E-state index contributed by atoms with van der Waals surface area (Å²) in [4.78, 5) is 6.13. The van der Waals surface area contributed by atoms with Crippen LogP contribution in [0.25, 0.3) is 0 Å². The molecule has 40 heavy (non-hydrogen) atoms. The quantitative estimate of drug-likeness (QED) is 0.313. The molecule has 4 rings (SSSR count). The Bertz CT molecular complexity index is 1520. The minimum absolute atomic E-state index is 0.00214. The molecule has 2 aromatic carbocycles. The van der Waals surface area contributed by atoms with Gasteiger partial charge >= 0.3 is 0 Å². The van der Waals surface area contributed by atoms with Crippen molar-refractivity contribution in [1.29, 1.82) is 0 Å². The first kappa shape index (κ1) is 30.6. The van der Waals surface area contributed by atoms with Crippen LogP contribution in [0.3, 0.4) is 0 Å². The molecule has 0 fully saturated rings. The van der Waals surface area contributed by atoms with Crippen LogP contribution in [0.5, 0.6) is 11.5 Å². The van der Waals surface area contributed by atoms with Crippen LogP contribution < -0.4 is 19.3 Å². The van der Waals surface area contributed by atoms with Crippen molar-refractivity contribution >= 4 is 55.1 Å². The van der Waals surface area contributed by atoms with E-state index in [0.29, 0.717) is 24.6 Å². The predicted octanol–water partition coefficient (Wildman–Crippen LogP) is 4.29. The van der Waals surface area contributed by atoms with Crippen LogP contribution >= 0.6 is 23.5 Å². The number of anilines is 2. The Balaban J connectivity index is 1.62. The third kappa shape index (κ3) is 7.68. The fourth-order valence-corrected chi connectivity index (χ4v) is 7.61. The van der Waals surface area contributed by atoms with Crippen LogP contribution in [-0.2, 0) is 28.6 Å². The van der Waals surface area contributed by atoms with Gasteiger partial charge in [0.15, 0.2) is 0 Å². The molecule has 0 aromatic heterocycles. The summed E-state index contributed by atoms with van der Waals surface area (Å²) in [6.07, 6.45) is 6.22. The van der Waals surface area contributed by atoms with E-state index in [0.717, 1.165) is 44.3 Å². The van der Waals surface area contributed by atoms with Crippen molar-refractivity contribution < 1.29 is 34.7 Å². The lowest BCUT2D eigenvalue weighted by Gasteiger charge is -2.26. The fraction of sp³-hybridized carbons (Fsp3) is 0.385. The summed E-state index contributed by atoms with van der Waals surface area (Å²) in [5.41, 5.74) is 2.77. The largest absolute Gasteiger partial charge is 0.497 e. The lowest BCUT2D eigenvalue weighted by Crippen LogP contribution is -2.32. The van der Waals surface area contributed by atoms with E-state index >= 15 is 0 Å². The summed E-state index contributed by atoms with van der Waals surface area (Å²) in [5, 5.41) is 0.779. The highest BCUT2D eigenvalue weighted by Crippen LogP contribution is 2.50. The van der Waals surface area contributed by atoms with Crippen molar-refractivity contribution in [1.82, 2.24) is 0 Å². The Morgan fingerprint density at radius 2 is 1.65 bits per heavy atom. The van der Waals surface area contributed by atoms with Crippen molar-refractivity contribution in [2.75, 3.05) is 62.8 Å². The van der Waals surface area contributed by atoms with E-state index in [1.54, 1.807) is 37.7 Å². The van der Waals surface area contributed by atoms with E-state index in [2.05, 4.69) is 11.0 Å². The summed E-state index contributed by atoms with van der Waals surface area (Å²) >= 11 is 3.22. The van der Waals surface area contributed by atoms with Crippen LogP contribution in [0.1, 0.15) is 6.92 Å². The summed E-state index contributed by atoms with van der Waals surface area (Å²) in [7, 11) is -3.94. The topological polar surface area (TPSA) is 112 Å². The fourth-order valence-electron chi connectivity index (χ4n) is 4.31. The summed E-state index contributed by atoms with van der Waals surface area (Å²) in [5.74, 6) is 1.40. The molecule has 0 spiro atoms. The number of fused-ring (bicyclic) bond motifs is 2. The molecular weight excluding hydrogens is 597 g/mol. The van der Waals surface area contributed by atoms with Gasteiger partial charge in [-0.1, -0.05) is 29.6 Å². The molecule has 2 aliphatic heterocycles. The molecule has 0 saturated carbocycles. The predicted molar refractivity (Wildman–Crippen MR) is 160 cm³/mol. The van der Waals surface area contributed by atoms with Gasteiger partial charge in [-0.3, -0.25) is 8.37 Å². The number of nitrogens with zero attached hydrogens (tertiary/aromatic N) is 2. The summed E-state index contributed by atoms with van der Waals surface area (Å²) in [6, 6.07) is 11.6. The Labute approximate surface area is 244 Å². The Morgan fingerprint density at radius 3 is 2.30 bits per heavy atom. The lowest BCUT2D eigenvalue weighted by atomic mass is 10.2. The van der Waals surface area contributed by atoms with E-state index in [1.807, 2.05) is 54.3 Å². The lowest BCUT2D eigenvalue weighted by molar-refractivity contribution is 0.327. The highest BCUT2D eigenvalue weighted by molar-refractivity contribution is 8.03. The van der Waals surface area contributed by atoms with Crippen molar-refractivity contribution in [3.05, 3.63) is 59.2 Å². The Kier molecular flexibility index (Phi) is 9.68. The van der Waals surface area contributed by atoms with E-state index in [9.17, 15) is 16.8 Å². The summed E-state index contributed by atoms with van der Waals surface area (Å²) < 4.78 is 67.3. The van der Waals surface area contributed by atoms with Crippen molar-refractivity contribution in [2.45, 2.75) is 22.1 Å². The number of hydrogen-bond donors (Lipinski definition) is 0. The number of para-hydroxylation sites is 1. The number of ether oxygens (including phenoxy) is 2. The minimum Gasteiger partial charge on any atom is -0.497 e. The Hall–Kier alpha value is -2.36. The first-order valence-electron chi connectivity index (χ1n) is 12.2. The molecule has 14 heteroatoms. The van der Waals surface area contributed by atoms with Crippen LogP contribution in [0.2, 0.25) is 0 Å². The molecule has 0 bridgehead atoms. The van der Waals surface area contributed by atoms with Gasteiger partial charge in [0.05, 0.1) is 61.7 Å². The smallest absolute Gasteiger partial charge is 0.264 e. The zero-order valence-corrected chi connectivity index (χ0v) is 26.1. The molecular formula is C26H32N2O8S4. The minimum atomic E-state index is -3.57. The SMILES string of the molecule is COc1ccc2c(c1)N(CCOS(C)(=O)=O)/C(=C/C(C)=C/C1Sc3cccc(OC)c3N1CCOS(C)(=O)=O)S2. The van der Waals surface area contributed by atoms with Gasteiger partial charge in [0.1, 0.15) is 11.5 Å². The van der Waals surface area contributed by atoms with Crippen molar-refractivity contribution in [2.24, 2.45) is 0 Å². The standard InChI is InChI=1S/C26H32N2O8S4/c1-18(15-24-27(11-13-35-39(4,29)30)20-17-19(33-2)9-10-22(20)37-24)16-25-28(12-14-36-40(5,31)32)26-21(34-3)7-6-8-23(26)38-25/h6-10,15-17,25H,11-14H2,1-5H3/b18-16+,24-15-. The van der Waals surface area contributed by atoms with Gasteiger partial charge in [-0.2, -0.15) is 16.8 Å².